The molecule has 1 N–H and O–H groups in total. The maximum absolute atomic E-state index is 12.2. The van der Waals surface area contributed by atoms with E-state index in [0.717, 1.165) is 12.3 Å². The first-order valence-corrected chi connectivity index (χ1v) is 5.65. The van der Waals surface area contributed by atoms with E-state index in [1.165, 1.54) is 6.07 Å². The highest BCUT2D eigenvalue weighted by Crippen LogP contribution is 2.28. The SMILES string of the molecule is CC.CC(C)NCc1ccc(C(F)(F)F)cn1. The number of alkyl halides is 3. The van der Waals surface area contributed by atoms with Gasteiger partial charge in [0.2, 0.25) is 0 Å². The fourth-order valence-electron chi connectivity index (χ4n) is 1.01. The number of rotatable bonds is 3. The Balaban J connectivity index is 0.00000121. The molecule has 0 aliphatic rings. The first-order valence-electron chi connectivity index (χ1n) is 5.65. The molecule has 1 heterocycles. The fourth-order valence-corrected chi connectivity index (χ4v) is 1.01. The van der Waals surface area contributed by atoms with Crippen molar-refractivity contribution in [1.82, 2.24) is 10.3 Å². The number of hydrogen-bond acceptors (Lipinski definition) is 2. The van der Waals surface area contributed by atoms with Crippen LogP contribution in [0.3, 0.4) is 0 Å². The second kappa shape index (κ2) is 7.27. The van der Waals surface area contributed by atoms with Crippen LogP contribution in [-0.2, 0) is 12.7 Å². The van der Waals surface area contributed by atoms with Crippen molar-refractivity contribution in [3.63, 3.8) is 0 Å². The molecule has 0 saturated heterocycles. The largest absolute Gasteiger partial charge is 0.417 e. The molecular weight excluding hydrogens is 229 g/mol. The lowest BCUT2D eigenvalue weighted by atomic mass is 10.2. The maximum Gasteiger partial charge on any atom is 0.417 e. The van der Waals surface area contributed by atoms with Crippen molar-refractivity contribution in [2.45, 2.75) is 46.5 Å². The monoisotopic (exact) mass is 248 g/mol. The molecule has 0 aromatic carbocycles. The van der Waals surface area contributed by atoms with Gasteiger partial charge in [-0.25, -0.2) is 0 Å². The van der Waals surface area contributed by atoms with Gasteiger partial charge in [-0.05, 0) is 12.1 Å². The first kappa shape index (κ1) is 15.9. The van der Waals surface area contributed by atoms with Gasteiger partial charge in [0.05, 0.1) is 11.3 Å². The molecule has 0 amide bonds. The van der Waals surface area contributed by atoms with Crippen LogP contribution in [0.5, 0.6) is 0 Å². The predicted octanol–water partition coefficient (Wildman–Crippen LogP) is 3.62. The molecule has 0 aliphatic carbocycles. The van der Waals surface area contributed by atoms with Crippen molar-refractivity contribution >= 4 is 0 Å². The molecule has 0 aliphatic heterocycles. The van der Waals surface area contributed by atoms with E-state index in [4.69, 9.17) is 0 Å². The number of nitrogens with zero attached hydrogens (tertiary/aromatic N) is 1. The minimum atomic E-state index is -4.31. The second-order valence-corrected chi connectivity index (χ2v) is 3.57. The van der Waals surface area contributed by atoms with Crippen LogP contribution < -0.4 is 5.32 Å². The Bertz CT molecular complexity index is 305. The van der Waals surface area contributed by atoms with E-state index in [9.17, 15) is 13.2 Å². The summed E-state index contributed by atoms with van der Waals surface area (Å²) in [6, 6.07) is 2.72. The van der Waals surface area contributed by atoms with E-state index < -0.39 is 11.7 Å². The molecule has 2 nitrogen and oxygen atoms in total. The highest BCUT2D eigenvalue weighted by Gasteiger charge is 2.30. The highest BCUT2D eigenvalue weighted by atomic mass is 19.4. The molecule has 0 bridgehead atoms. The maximum atomic E-state index is 12.2. The van der Waals surface area contributed by atoms with Crippen LogP contribution in [0.15, 0.2) is 18.3 Å². The lowest BCUT2D eigenvalue weighted by Gasteiger charge is -2.09. The summed E-state index contributed by atoms with van der Waals surface area (Å²) in [6.07, 6.45) is -3.45. The third-order valence-electron chi connectivity index (χ3n) is 1.84. The summed E-state index contributed by atoms with van der Waals surface area (Å²) in [7, 11) is 0. The number of nitrogens with one attached hydrogen (secondary N) is 1. The number of hydrogen-bond donors (Lipinski definition) is 1. The van der Waals surface area contributed by atoms with E-state index in [-0.39, 0.29) is 6.04 Å². The van der Waals surface area contributed by atoms with Gasteiger partial charge in [-0.1, -0.05) is 27.7 Å². The summed E-state index contributed by atoms with van der Waals surface area (Å²) in [5.74, 6) is 0. The van der Waals surface area contributed by atoms with Crippen molar-refractivity contribution in [3.8, 4) is 0 Å². The topological polar surface area (TPSA) is 24.9 Å². The minimum absolute atomic E-state index is 0.286. The third-order valence-corrected chi connectivity index (χ3v) is 1.84. The average Bonchev–Trinajstić information content (AvgIpc) is 2.28. The summed E-state index contributed by atoms with van der Waals surface area (Å²) < 4.78 is 36.5. The van der Waals surface area contributed by atoms with Crippen LogP contribution in [0.4, 0.5) is 13.2 Å². The van der Waals surface area contributed by atoms with Gasteiger partial charge in [0, 0.05) is 18.8 Å². The highest BCUT2D eigenvalue weighted by molar-refractivity contribution is 5.16. The third kappa shape index (κ3) is 6.26. The van der Waals surface area contributed by atoms with Gasteiger partial charge in [0.25, 0.3) is 0 Å². The molecule has 98 valence electrons. The Hall–Kier alpha value is -1.10. The summed E-state index contributed by atoms with van der Waals surface area (Å²) in [5.41, 5.74) is -0.104. The van der Waals surface area contributed by atoms with Gasteiger partial charge in [-0.3, -0.25) is 4.98 Å². The first-order chi connectivity index (χ1) is 7.89. The average molecular weight is 248 g/mol. The van der Waals surface area contributed by atoms with Gasteiger partial charge in [0.1, 0.15) is 0 Å². The molecule has 1 aromatic rings. The summed E-state index contributed by atoms with van der Waals surface area (Å²) in [5, 5.41) is 3.08. The van der Waals surface area contributed by atoms with Crippen molar-refractivity contribution in [2.24, 2.45) is 0 Å². The van der Waals surface area contributed by atoms with E-state index in [1.54, 1.807) is 0 Å². The van der Waals surface area contributed by atoms with Crippen molar-refractivity contribution in [1.29, 1.82) is 0 Å². The Kier molecular flexibility index (Phi) is 6.80. The fraction of sp³-hybridized carbons (Fsp3) is 0.583. The Morgan fingerprint density at radius 2 is 1.82 bits per heavy atom. The smallest absolute Gasteiger partial charge is 0.309 e. The van der Waals surface area contributed by atoms with Crippen LogP contribution in [0.1, 0.15) is 39.0 Å². The number of aromatic nitrogens is 1. The van der Waals surface area contributed by atoms with Crippen molar-refractivity contribution < 1.29 is 13.2 Å². The molecule has 0 spiro atoms. The zero-order valence-corrected chi connectivity index (χ0v) is 10.6. The van der Waals surface area contributed by atoms with Crippen LogP contribution in [-0.4, -0.2) is 11.0 Å². The zero-order valence-electron chi connectivity index (χ0n) is 10.6. The molecule has 0 saturated carbocycles. The Labute approximate surface area is 100 Å². The quantitative estimate of drug-likeness (QED) is 0.883. The normalized spacial score (nSPS) is 11.1. The van der Waals surface area contributed by atoms with Crippen LogP contribution >= 0.6 is 0 Å². The molecular formula is C12H19F3N2. The zero-order chi connectivity index (χ0) is 13.5. The van der Waals surface area contributed by atoms with E-state index in [0.29, 0.717) is 12.2 Å². The Morgan fingerprint density at radius 1 is 1.24 bits per heavy atom. The van der Waals surface area contributed by atoms with Gasteiger partial charge >= 0.3 is 6.18 Å². The van der Waals surface area contributed by atoms with Gasteiger partial charge in [-0.2, -0.15) is 13.2 Å². The molecule has 0 atom stereocenters. The summed E-state index contributed by atoms with van der Waals surface area (Å²) >= 11 is 0. The van der Waals surface area contributed by atoms with Gasteiger partial charge < -0.3 is 5.32 Å². The molecule has 1 aromatic heterocycles. The van der Waals surface area contributed by atoms with Crippen LogP contribution in [0, 0.1) is 0 Å². The molecule has 0 fully saturated rings. The number of halogens is 3. The standard InChI is InChI=1S/C10H13F3N2.C2H6/c1-7(2)14-6-9-4-3-8(5-15-9)10(11,12)13;1-2/h3-5,7,14H,6H2,1-2H3;1-2H3. The van der Waals surface area contributed by atoms with Gasteiger partial charge in [0.15, 0.2) is 0 Å². The lowest BCUT2D eigenvalue weighted by Crippen LogP contribution is -2.22. The molecule has 1 rings (SSSR count). The van der Waals surface area contributed by atoms with E-state index >= 15 is 0 Å². The molecule has 17 heavy (non-hydrogen) atoms. The van der Waals surface area contributed by atoms with Crippen LogP contribution in [0.25, 0.3) is 0 Å². The minimum Gasteiger partial charge on any atom is -0.309 e. The van der Waals surface area contributed by atoms with Crippen molar-refractivity contribution in [3.05, 3.63) is 29.6 Å². The predicted molar refractivity (Wildman–Crippen MR) is 62.6 cm³/mol. The summed E-state index contributed by atoms with van der Waals surface area (Å²) in [4.78, 5) is 3.73. The lowest BCUT2D eigenvalue weighted by molar-refractivity contribution is -0.137. The second-order valence-electron chi connectivity index (χ2n) is 3.57. The molecule has 0 unspecified atom stereocenters. The van der Waals surface area contributed by atoms with Gasteiger partial charge in [-0.15, -0.1) is 0 Å². The van der Waals surface area contributed by atoms with E-state index in [2.05, 4.69) is 10.3 Å². The van der Waals surface area contributed by atoms with E-state index in [1.807, 2.05) is 27.7 Å². The molecule has 5 heteroatoms. The number of pyridine rings is 1. The Morgan fingerprint density at radius 3 is 2.18 bits per heavy atom. The van der Waals surface area contributed by atoms with Crippen molar-refractivity contribution in [2.75, 3.05) is 0 Å². The molecule has 0 radical (unpaired) electrons. The van der Waals surface area contributed by atoms with Crippen LogP contribution in [0.2, 0.25) is 0 Å². The summed E-state index contributed by atoms with van der Waals surface area (Å²) in [6.45, 7) is 8.41.